The van der Waals surface area contributed by atoms with Gasteiger partial charge in [0, 0.05) is 67.6 Å². The summed E-state index contributed by atoms with van der Waals surface area (Å²) in [6.07, 6.45) is 7.42. The number of hydrogen-bond acceptors (Lipinski definition) is 6. The van der Waals surface area contributed by atoms with Crippen molar-refractivity contribution in [2.24, 2.45) is 0 Å². The normalized spacial score (nSPS) is 14.5. The van der Waals surface area contributed by atoms with Gasteiger partial charge in [-0.1, -0.05) is 6.07 Å². The summed E-state index contributed by atoms with van der Waals surface area (Å²) in [4.78, 5) is 21.6. The zero-order chi connectivity index (χ0) is 19.8. The van der Waals surface area contributed by atoms with Crippen LogP contribution in [0, 0.1) is 0 Å². The van der Waals surface area contributed by atoms with E-state index in [-0.39, 0.29) is 0 Å². The van der Waals surface area contributed by atoms with E-state index in [1.54, 1.807) is 0 Å². The number of nitrogens with zero attached hydrogens (tertiary/aromatic N) is 5. The van der Waals surface area contributed by atoms with Crippen LogP contribution in [-0.4, -0.2) is 47.1 Å². The van der Waals surface area contributed by atoms with E-state index in [1.807, 2.05) is 38.6 Å². The summed E-state index contributed by atoms with van der Waals surface area (Å²) in [5.74, 6) is 2.32. The summed E-state index contributed by atoms with van der Waals surface area (Å²) in [5, 5.41) is 5.63. The number of piperidine rings is 1. The molecule has 2 N–H and O–H groups in total. The topological polar surface area (TPSA) is 73.0 Å². The summed E-state index contributed by atoms with van der Waals surface area (Å²) in [6.45, 7) is 2.05. The van der Waals surface area contributed by atoms with Crippen molar-refractivity contribution in [3.63, 3.8) is 0 Å². The molecule has 7 heteroatoms. The zero-order valence-electron chi connectivity index (χ0n) is 16.8. The largest absolute Gasteiger partial charge is 0.378 e. The Hall–Kier alpha value is -3.35. The van der Waals surface area contributed by atoms with Crippen LogP contribution in [0.2, 0.25) is 0 Å². The maximum absolute atomic E-state index is 4.69. The number of fused-ring (bicyclic) bond motifs is 3. The highest BCUT2D eigenvalue weighted by Crippen LogP contribution is 2.29. The highest BCUT2D eigenvalue weighted by molar-refractivity contribution is 6.08. The fourth-order valence-electron chi connectivity index (χ4n) is 3.93. The van der Waals surface area contributed by atoms with Gasteiger partial charge in [-0.25, -0.2) is 9.97 Å². The highest BCUT2D eigenvalue weighted by atomic mass is 15.3. The van der Waals surface area contributed by atoms with Crippen LogP contribution in [0.25, 0.3) is 21.8 Å². The van der Waals surface area contributed by atoms with E-state index in [9.17, 15) is 0 Å². The lowest BCUT2D eigenvalue weighted by Crippen LogP contribution is -2.31. The molecular weight excluding hydrogens is 362 g/mol. The summed E-state index contributed by atoms with van der Waals surface area (Å²) < 4.78 is 0. The number of aromatic nitrogens is 4. The molecule has 0 radical (unpaired) electrons. The fraction of sp³-hybridized carbons (Fsp3) is 0.318. The monoisotopic (exact) mass is 387 g/mol. The number of pyridine rings is 1. The van der Waals surface area contributed by atoms with E-state index in [0.29, 0.717) is 0 Å². The molecule has 0 spiro atoms. The maximum atomic E-state index is 4.69. The zero-order valence-corrected chi connectivity index (χ0v) is 16.8. The predicted octanol–water partition coefficient (Wildman–Crippen LogP) is 4.31. The van der Waals surface area contributed by atoms with Gasteiger partial charge in [0.2, 0.25) is 5.95 Å². The molecule has 1 saturated heterocycles. The third-order valence-corrected chi connectivity index (χ3v) is 5.52. The predicted molar refractivity (Wildman–Crippen MR) is 119 cm³/mol. The number of anilines is 4. The molecule has 0 bridgehead atoms. The van der Waals surface area contributed by atoms with Crippen molar-refractivity contribution in [1.29, 1.82) is 0 Å². The molecule has 4 aromatic rings. The first-order valence-corrected chi connectivity index (χ1v) is 10.1. The number of benzene rings is 1. The summed E-state index contributed by atoms with van der Waals surface area (Å²) in [5.41, 5.74) is 3.33. The molecule has 3 aromatic heterocycles. The van der Waals surface area contributed by atoms with Crippen molar-refractivity contribution in [1.82, 2.24) is 19.9 Å². The highest BCUT2D eigenvalue weighted by Gasteiger charge is 2.14. The Bertz CT molecular complexity index is 1160. The van der Waals surface area contributed by atoms with Gasteiger partial charge in [-0.3, -0.25) is 0 Å². The first kappa shape index (κ1) is 17.7. The molecule has 4 heterocycles. The lowest BCUT2D eigenvalue weighted by atomic mass is 10.1. The smallest absolute Gasteiger partial charge is 0.227 e. The van der Waals surface area contributed by atoms with Crippen LogP contribution in [-0.2, 0) is 0 Å². The Morgan fingerprint density at radius 1 is 0.931 bits per heavy atom. The molecule has 29 heavy (non-hydrogen) atoms. The van der Waals surface area contributed by atoms with Gasteiger partial charge in [-0.15, -0.1) is 0 Å². The van der Waals surface area contributed by atoms with Gasteiger partial charge >= 0.3 is 0 Å². The van der Waals surface area contributed by atoms with Crippen LogP contribution in [0.1, 0.15) is 19.3 Å². The van der Waals surface area contributed by atoms with Gasteiger partial charge in [-0.2, -0.15) is 4.98 Å². The van der Waals surface area contributed by atoms with Crippen molar-refractivity contribution >= 4 is 45.1 Å². The van der Waals surface area contributed by atoms with Crippen LogP contribution >= 0.6 is 0 Å². The average molecular weight is 387 g/mol. The molecule has 7 nitrogen and oxygen atoms in total. The molecule has 1 aliphatic heterocycles. The van der Waals surface area contributed by atoms with Crippen LogP contribution in [0.4, 0.5) is 23.3 Å². The summed E-state index contributed by atoms with van der Waals surface area (Å²) in [7, 11) is 4.10. The van der Waals surface area contributed by atoms with E-state index in [0.717, 1.165) is 47.1 Å². The van der Waals surface area contributed by atoms with Gasteiger partial charge in [0.1, 0.15) is 11.6 Å². The number of aromatic amines is 1. The first-order chi connectivity index (χ1) is 14.2. The van der Waals surface area contributed by atoms with E-state index in [4.69, 9.17) is 4.98 Å². The second kappa shape index (κ2) is 7.24. The van der Waals surface area contributed by atoms with Gasteiger partial charge < -0.3 is 20.1 Å². The van der Waals surface area contributed by atoms with Crippen molar-refractivity contribution in [3.05, 3.63) is 42.7 Å². The molecule has 0 saturated carbocycles. The minimum atomic E-state index is 0.762. The Kier molecular flexibility index (Phi) is 4.42. The minimum absolute atomic E-state index is 0.762. The van der Waals surface area contributed by atoms with Gasteiger partial charge in [0.15, 0.2) is 0 Å². The number of H-pyrrole nitrogens is 1. The Morgan fingerprint density at radius 3 is 2.59 bits per heavy atom. The van der Waals surface area contributed by atoms with E-state index < -0.39 is 0 Å². The molecule has 0 atom stereocenters. The van der Waals surface area contributed by atoms with Gasteiger partial charge in [0.05, 0.1) is 5.52 Å². The van der Waals surface area contributed by atoms with E-state index >= 15 is 0 Å². The van der Waals surface area contributed by atoms with Crippen molar-refractivity contribution in [2.45, 2.75) is 19.3 Å². The average Bonchev–Trinajstić information content (AvgIpc) is 3.11. The Balaban J connectivity index is 1.44. The molecule has 0 aliphatic carbocycles. The van der Waals surface area contributed by atoms with Gasteiger partial charge in [0.25, 0.3) is 0 Å². The van der Waals surface area contributed by atoms with Crippen molar-refractivity contribution < 1.29 is 0 Å². The lowest BCUT2D eigenvalue weighted by molar-refractivity contribution is 0.568. The van der Waals surface area contributed by atoms with Crippen LogP contribution in [0.5, 0.6) is 0 Å². The SMILES string of the molecule is CN(C)c1ccc2c(c1)[nH]c1cc(Nc3ccnc(N4CCCCC4)n3)ncc12. The van der Waals surface area contributed by atoms with Gasteiger partial charge in [-0.05, 0) is 37.5 Å². The molecule has 5 rings (SSSR count). The summed E-state index contributed by atoms with van der Waals surface area (Å²) in [6, 6.07) is 10.4. The third-order valence-electron chi connectivity index (χ3n) is 5.52. The Labute approximate surface area is 169 Å². The third kappa shape index (κ3) is 3.44. The van der Waals surface area contributed by atoms with Crippen LogP contribution < -0.4 is 15.1 Å². The second-order valence-electron chi connectivity index (χ2n) is 7.78. The molecule has 1 fully saturated rings. The summed E-state index contributed by atoms with van der Waals surface area (Å²) >= 11 is 0. The fourth-order valence-corrected chi connectivity index (χ4v) is 3.93. The number of rotatable bonds is 4. The Morgan fingerprint density at radius 2 is 1.76 bits per heavy atom. The van der Waals surface area contributed by atoms with E-state index in [2.05, 4.69) is 48.3 Å². The van der Waals surface area contributed by atoms with E-state index in [1.165, 1.54) is 30.3 Å². The maximum Gasteiger partial charge on any atom is 0.227 e. The first-order valence-electron chi connectivity index (χ1n) is 10.1. The molecular formula is C22H25N7. The standard InChI is InChI=1S/C22H25N7/c1-28(2)15-6-7-16-17-14-24-21(13-19(17)25-18(16)12-15)26-20-8-9-23-22(27-20)29-10-4-3-5-11-29/h6-9,12-14,25H,3-5,10-11H2,1-2H3,(H,23,24,26,27). The quantitative estimate of drug-likeness (QED) is 0.544. The lowest BCUT2D eigenvalue weighted by Gasteiger charge is -2.26. The minimum Gasteiger partial charge on any atom is -0.378 e. The molecule has 148 valence electrons. The van der Waals surface area contributed by atoms with Crippen molar-refractivity contribution in [2.75, 3.05) is 42.3 Å². The molecule has 0 unspecified atom stereocenters. The number of nitrogens with one attached hydrogen (secondary N) is 2. The molecule has 0 amide bonds. The molecule has 1 aromatic carbocycles. The second-order valence-corrected chi connectivity index (χ2v) is 7.78. The van der Waals surface area contributed by atoms with Crippen LogP contribution in [0.15, 0.2) is 42.7 Å². The van der Waals surface area contributed by atoms with Crippen molar-refractivity contribution in [3.8, 4) is 0 Å². The van der Waals surface area contributed by atoms with Crippen LogP contribution in [0.3, 0.4) is 0 Å². The molecule has 1 aliphatic rings. The number of hydrogen-bond donors (Lipinski definition) is 2.